The van der Waals surface area contributed by atoms with Gasteiger partial charge < -0.3 is 24.0 Å². The van der Waals surface area contributed by atoms with Crippen molar-refractivity contribution in [1.29, 1.82) is 0 Å². The standard InChI is InChI=1S/C22H24N2O5/c1-23-10-9-22(20(23)25)17-11-15(27-2)7-8-18(17)24(21(22)26)13-14-5-6-16(28-3)12-19(14)29-4/h5-8,11-12H,9-10,13H2,1-4H3/t22-/m0/s1. The first kappa shape index (κ1) is 19.1. The molecule has 2 aromatic carbocycles. The first-order valence-electron chi connectivity index (χ1n) is 9.43. The summed E-state index contributed by atoms with van der Waals surface area (Å²) in [6, 6.07) is 11.0. The van der Waals surface area contributed by atoms with E-state index in [0.29, 0.717) is 42.3 Å². The molecule has 2 aliphatic rings. The first-order chi connectivity index (χ1) is 14.0. The number of carbonyl (C=O) groups excluding carboxylic acids is 2. The fraction of sp³-hybridized carbons (Fsp3) is 0.364. The molecule has 0 radical (unpaired) electrons. The molecule has 2 amide bonds. The van der Waals surface area contributed by atoms with Gasteiger partial charge in [0.2, 0.25) is 11.8 Å². The lowest BCUT2D eigenvalue weighted by Gasteiger charge is -2.23. The number of ether oxygens (including phenoxy) is 3. The number of fused-ring (bicyclic) bond motifs is 2. The van der Waals surface area contributed by atoms with Crippen molar-refractivity contribution >= 4 is 17.5 Å². The highest BCUT2D eigenvalue weighted by Crippen LogP contribution is 2.49. The minimum atomic E-state index is -1.18. The molecule has 1 atom stereocenters. The van der Waals surface area contributed by atoms with Gasteiger partial charge >= 0.3 is 0 Å². The van der Waals surface area contributed by atoms with Gasteiger partial charge in [0.1, 0.15) is 17.2 Å². The molecular weight excluding hydrogens is 372 g/mol. The Labute approximate surface area is 169 Å². The van der Waals surface area contributed by atoms with E-state index in [1.165, 1.54) is 0 Å². The van der Waals surface area contributed by atoms with Crippen LogP contribution in [0.5, 0.6) is 17.2 Å². The van der Waals surface area contributed by atoms with Crippen LogP contribution < -0.4 is 19.1 Å². The molecule has 2 heterocycles. The van der Waals surface area contributed by atoms with Crippen LogP contribution in [0, 0.1) is 0 Å². The summed E-state index contributed by atoms with van der Waals surface area (Å²) in [7, 11) is 6.49. The number of rotatable bonds is 5. The molecule has 1 spiro atoms. The highest BCUT2D eigenvalue weighted by Gasteiger charge is 2.60. The van der Waals surface area contributed by atoms with Crippen LogP contribution in [-0.2, 0) is 21.5 Å². The Kier molecular flexibility index (Phi) is 4.61. The van der Waals surface area contributed by atoms with Crippen LogP contribution in [0.15, 0.2) is 36.4 Å². The van der Waals surface area contributed by atoms with E-state index < -0.39 is 5.41 Å². The Morgan fingerprint density at radius 2 is 1.62 bits per heavy atom. The average molecular weight is 396 g/mol. The number of hydrogen-bond acceptors (Lipinski definition) is 5. The van der Waals surface area contributed by atoms with E-state index >= 15 is 0 Å². The fourth-order valence-corrected chi connectivity index (χ4v) is 4.30. The van der Waals surface area contributed by atoms with Crippen molar-refractivity contribution in [3.8, 4) is 17.2 Å². The topological polar surface area (TPSA) is 68.3 Å². The van der Waals surface area contributed by atoms with Gasteiger partial charge in [-0.2, -0.15) is 0 Å². The van der Waals surface area contributed by atoms with Crippen LogP contribution >= 0.6 is 0 Å². The van der Waals surface area contributed by atoms with Crippen molar-refractivity contribution in [2.75, 3.05) is 39.8 Å². The maximum atomic E-state index is 13.6. The van der Waals surface area contributed by atoms with Gasteiger partial charge in [-0.15, -0.1) is 0 Å². The highest BCUT2D eigenvalue weighted by atomic mass is 16.5. The molecule has 4 rings (SSSR count). The number of hydrogen-bond donors (Lipinski definition) is 0. The number of amides is 2. The largest absolute Gasteiger partial charge is 0.497 e. The summed E-state index contributed by atoms with van der Waals surface area (Å²) in [5, 5.41) is 0. The second-order valence-electron chi connectivity index (χ2n) is 7.33. The van der Waals surface area contributed by atoms with Crippen molar-refractivity contribution < 1.29 is 23.8 Å². The molecule has 0 saturated carbocycles. The molecule has 0 unspecified atom stereocenters. The number of anilines is 1. The SMILES string of the molecule is COc1ccc(CN2C(=O)[C@@]3(CCN(C)C3=O)c3cc(OC)ccc32)c(OC)c1. The van der Waals surface area contributed by atoms with Crippen molar-refractivity contribution in [2.45, 2.75) is 18.4 Å². The van der Waals surface area contributed by atoms with Gasteiger partial charge in [-0.3, -0.25) is 9.59 Å². The molecule has 1 saturated heterocycles. The zero-order valence-electron chi connectivity index (χ0n) is 17.0. The van der Waals surface area contributed by atoms with E-state index in [0.717, 1.165) is 11.3 Å². The van der Waals surface area contributed by atoms with E-state index in [4.69, 9.17) is 14.2 Å². The zero-order chi connectivity index (χ0) is 20.8. The number of carbonyl (C=O) groups is 2. The maximum Gasteiger partial charge on any atom is 0.247 e. The molecule has 2 aromatic rings. The van der Waals surface area contributed by atoms with Crippen LogP contribution in [0.4, 0.5) is 5.69 Å². The molecule has 0 bridgehead atoms. The third-order valence-corrected chi connectivity index (χ3v) is 5.92. The predicted molar refractivity (Wildman–Crippen MR) is 108 cm³/mol. The van der Waals surface area contributed by atoms with Crippen LogP contribution in [-0.4, -0.2) is 51.6 Å². The average Bonchev–Trinajstić information content (AvgIpc) is 3.18. The van der Waals surface area contributed by atoms with Gasteiger partial charge in [0, 0.05) is 36.5 Å². The Morgan fingerprint density at radius 3 is 2.24 bits per heavy atom. The van der Waals surface area contributed by atoms with E-state index in [2.05, 4.69) is 0 Å². The summed E-state index contributed by atoms with van der Waals surface area (Å²) in [5.41, 5.74) is 1.10. The smallest absolute Gasteiger partial charge is 0.247 e. The zero-order valence-corrected chi connectivity index (χ0v) is 17.0. The van der Waals surface area contributed by atoms with Crippen molar-refractivity contribution in [3.63, 3.8) is 0 Å². The number of nitrogens with zero attached hydrogens (tertiary/aromatic N) is 2. The second kappa shape index (κ2) is 6.99. The third kappa shape index (κ3) is 2.72. The van der Waals surface area contributed by atoms with E-state index in [1.807, 2.05) is 30.3 Å². The Balaban J connectivity index is 1.81. The van der Waals surface area contributed by atoms with E-state index in [1.54, 1.807) is 44.2 Å². The third-order valence-electron chi connectivity index (χ3n) is 5.92. The molecule has 7 nitrogen and oxygen atoms in total. The lowest BCUT2D eigenvalue weighted by Crippen LogP contribution is -2.45. The fourth-order valence-electron chi connectivity index (χ4n) is 4.30. The van der Waals surface area contributed by atoms with Crippen LogP contribution in [0.3, 0.4) is 0 Å². The van der Waals surface area contributed by atoms with Crippen LogP contribution in [0.2, 0.25) is 0 Å². The minimum absolute atomic E-state index is 0.166. The lowest BCUT2D eigenvalue weighted by molar-refractivity contribution is -0.137. The number of methoxy groups -OCH3 is 3. The minimum Gasteiger partial charge on any atom is -0.497 e. The molecule has 0 aliphatic carbocycles. The van der Waals surface area contributed by atoms with Gasteiger partial charge in [0.25, 0.3) is 0 Å². The lowest BCUT2D eigenvalue weighted by atomic mass is 9.80. The van der Waals surface area contributed by atoms with Crippen LogP contribution in [0.25, 0.3) is 0 Å². The van der Waals surface area contributed by atoms with Crippen LogP contribution in [0.1, 0.15) is 17.5 Å². The van der Waals surface area contributed by atoms with Gasteiger partial charge in [0.05, 0.1) is 27.9 Å². The van der Waals surface area contributed by atoms with Gasteiger partial charge in [-0.1, -0.05) is 0 Å². The summed E-state index contributed by atoms with van der Waals surface area (Å²) < 4.78 is 16.1. The van der Waals surface area contributed by atoms with Gasteiger partial charge in [-0.25, -0.2) is 0 Å². The monoisotopic (exact) mass is 396 g/mol. The second-order valence-corrected chi connectivity index (χ2v) is 7.33. The maximum absolute atomic E-state index is 13.6. The summed E-state index contributed by atoms with van der Waals surface area (Å²) in [6.45, 7) is 0.838. The van der Waals surface area contributed by atoms with Crippen molar-refractivity contribution in [3.05, 3.63) is 47.5 Å². The molecule has 2 aliphatic heterocycles. The number of likely N-dealkylation sites (N-methyl/N-ethyl adjacent to an activating group) is 1. The summed E-state index contributed by atoms with van der Waals surface area (Å²) >= 11 is 0. The Morgan fingerprint density at radius 1 is 0.931 bits per heavy atom. The Hall–Kier alpha value is -3.22. The molecule has 0 N–H and O–H groups in total. The summed E-state index contributed by atoms with van der Waals surface area (Å²) in [6.07, 6.45) is 0.456. The number of benzene rings is 2. The predicted octanol–water partition coefficient (Wildman–Crippen LogP) is 2.36. The van der Waals surface area contributed by atoms with E-state index in [9.17, 15) is 9.59 Å². The normalized spacial score (nSPS) is 20.4. The highest BCUT2D eigenvalue weighted by molar-refractivity contribution is 6.22. The molecule has 7 heteroatoms. The Bertz CT molecular complexity index is 989. The van der Waals surface area contributed by atoms with Gasteiger partial charge in [0.15, 0.2) is 5.41 Å². The molecular formula is C22H24N2O5. The summed E-state index contributed by atoms with van der Waals surface area (Å²) in [5.74, 6) is 1.56. The first-order valence-corrected chi connectivity index (χ1v) is 9.43. The van der Waals surface area contributed by atoms with Crippen molar-refractivity contribution in [1.82, 2.24) is 4.90 Å². The van der Waals surface area contributed by atoms with Gasteiger partial charge in [-0.05, 0) is 36.8 Å². The molecule has 29 heavy (non-hydrogen) atoms. The molecule has 1 fully saturated rings. The summed E-state index contributed by atoms with van der Waals surface area (Å²) in [4.78, 5) is 30.0. The molecule has 0 aromatic heterocycles. The van der Waals surface area contributed by atoms with Crippen molar-refractivity contribution in [2.24, 2.45) is 0 Å². The quantitative estimate of drug-likeness (QED) is 0.726. The molecule has 152 valence electrons. The number of likely N-dealkylation sites (tertiary alicyclic amines) is 1. The van der Waals surface area contributed by atoms with E-state index in [-0.39, 0.29) is 11.8 Å².